The van der Waals surface area contributed by atoms with Gasteiger partial charge < -0.3 is 10.6 Å². The van der Waals surface area contributed by atoms with Crippen LogP contribution in [-0.4, -0.2) is 49.1 Å². The number of carbonyl (C=O) groups excluding carboxylic acids is 1. The largest absolute Gasteiger partial charge is 0.354 e. The minimum Gasteiger partial charge on any atom is -0.354 e. The van der Waals surface area contributed by atoms with Gasteiger partial charge in [0.2, 0.25) is 5.91 Å². The maximum absolute atomic E-state index is 12.3. The minimum absolute atomic E-state index is 0.131. The van der Waals surface area contributed by atoms with Crippen molar-refractivity contribution in [2.45, 2.75) is 25.8 Å². The van der Waals surface area contributed by atoms with Gasteiger partial charge >= 0.3 is 0 Å². The normalized spacial score (nSPS) is 17.4. The van der Waals surface area contributed by atoms with Crippen molar-refractivity contribution in [2.75, 3.05) is 32.7 Å². The molecule has 0 spiro atoms. The van der Waals surface area contributed by atoms with E-state index < -0.39 is 5.54 Å². The molecule has 0 aromatic carbocycles. The van der Waals surface area contributed by atoms with E-state index in [1.54, 1.807) is 11.3 Å². The molecule has 2 rings (SSSR count). The molecule has 0 saturated carbocycles. The van der Waals surface area contributed by atoms with Gasteiger partial charge in [0, 0.05) is 37.6 Å². The highest BCUT2D eigenvalue weighted by Crippen LogP contribution is 2.15. The standard InChI is InChI=1S/C14H23N3OS/c1-14(2,17-9-7-15-8-10-17)13(18)16-6-5-12-4-3-11-19-12/h3-4,11,15H,5-10H2,1-2H3,(H,16,18). The first-order chi connectivity index (χ1) is 9.10. The molecule has 1 amide bonds. The zero-order valence-corrected chi connectivity index (χ0v) is 12.6. The monoisotopic (exact) mass is 281 g/mol. The molecule has 1 aliphatic heterocycles. The number of nitrogens with one attached hydrogen (secondary N) is 2. The zero-order chi connectivity index (χ0) is 13.7. The molecule has 0 radical (unpaired) electrons. The van der Waals surface area contributed by atoms with Crippen molar-refractivity contribution in [2.24, 2.45) is 0 Å². The molecule has 2 heterocycles. The van der Waals surface area contributed by atoms with Crippen LogP contribution in [0.25, 0.3) is 0 Å². The Morgan fingerprint density at radius 3 is 2.84 bits per heavy atom. The van der Waals surface area contributed by atoms with E-state index in [2.05, 4.69) is 27.0 Å². The molecular weight excluding hydrogens is 258 g/mol. The van der Waals surface area contributed by atoms with Crippen molar-refractivity contribution in [3.05, 3.63) is 22.4 Å². The molecule has 1 aromatic heterocycles. The second kappa shape index (κ2) is 6.50. The highest BCUT2D eigenvalue weighted by Gasteiger charge is 2.34. The predicted octanol–water partition coefficient (Wildman–Crippen LogP) is 1.09. The topological polar surface area (TPSA) is 44.4 Å². The summed E-state index contributed by atoms with van der Waals surface area (Å²) in [6.45, 7) is 8.54. The van der Waals surface area contributed by atoms with Crippen molar-refractivity contribution in [3.8, 4) is 0 Å². The van der Waals surface area contributed by atoms with E-state index in [0.717, 1.165) is 39.1 Å². The lowest BCUT2D eigenvalue weighted by Gasteiger charge is -2.39. The average molecular weight is 281 g/mol. The van der Waals surface area contributed by atoms with E-state index in [1.807, 2.05) is 19.9 Å². The summed E-state index contributed by atoms with van der Waals surface area (Å²) in [6.07, 6.45) is 0.918. The minimum atomic E-state index is -0.419. The summed E-state index contributed by atoms with van der Waals surface area (Å²) >= 11 is 1.74. The number of rotatable bonds is 5. The van der Waals surface area contributed by atoms with Gasteiger partial charge in [-0.25, -0.2) is 0 Å². The highest BCUT2D eigenvalue weighted by molar-refractivity contribution is 7.09. The lowest BCUT2D eigenvalue weighted by atomic mass is 10.0. The van der Waals surface area contributed by atoms with Gasteiger partial charge in [-0.15, -0.1) is 11.3 Å². The third-order valence-corrected chi connectivity index (χ3v) is 4.64. The third kappa shape index (κ3) is 3.78. The van der Waals surface area contributed by atoms with E-state index in [-0.39, 0.29) is 5.91 Å². The summed E-state index contributed by atoms with van der Waals surface area (Å²) < 4.78 is 0. The first-order valence-electron chi connectivity index (χ1n) is 6.87. The second-order valence-corrected chi connectivity index (χ2v) is 6.41. The van der Waals surface area contributed by atoms with Crippen LogP contribution in [-0.2, 0) is 11.2 Å². The lowest BCUT2D eigenvalue weighted by molar-refractivity contribution is -0.132. The molecule has 4 nitrogen and oxygen atoms in total. The van der Waals surface area contributed by atoms with E-state index in [4.69, 9.17) is 0 Å². The Hall–Kier alpha value is -0.910. The summed E-state index contributed by atoms with van der Waals surface area (Å²) in [4.78, 5) is 15.9. The molecule has 0 aliphatic carbocycles. The van der Waals surface area contributed by atoms with Crippen molar-refractivity contribution in [1.29, 1.82) is 0 Å². The number of nitrogens with zero attached hydrogens (tertiary/aromatic N) is 1. The van der Waals surface area contributed by atoms with Gasteiger partial charge in [0.15, 0.2) is 0 Å². The van der Waals surface area contributed by atoms with Crippen molar-refractivity contribution < 1.29 is 4.79 Å². The van der Waals surface area contributed by atoms with E-state index >= 15 is 0 Å². The molecule has 19 heavy (non-hydrogen) atoms. The molecule has 1 aliphatic rings. The summed E-state index contributed by atoms with van der Waals surface area (Å²) in [5, 5.41) is 8.45. The average Bonchev–Trinajstić information content (AvgIpc) is 2.93. The first-order valence-corrected chi connectivity index (χ1v) is 7.75. The predicted molar refractivity (Wildman–Crippen MR) is 79.6 cm³/mol. The molecule has 1 fully saturated rings. The quantitative estimate of drug-likeness (QED) is 0.849. The molecule has 1 aromatic rings. The van der Waals surface area contributed by atoms with Crippen LogP contribution in [0.3, 0.4) is 0 Å². The van der Waals surface area contributed by atoms with Crippen LogP contribution >= 0.6 is 11.3 Å². The van der Waals surface area contributed by atoms with Crippen LogP contribution in [0.1, 0.15) is 18.7 Å². The molecule has 2 N–H and O–H groups in total. The lowest BCUT2D eigenvalue weighted by Crippen LogP contribution is -2.60. The van der Waals surface area contributed by atoms with Crippen LogP contribution < -0.4 is 10.6 Å². The summed E-state index contributed by atoms with van der Waals surface area (Å²) in [5.41, 5.74) is -0.419. The fourth-order valence-corrected chi connectivity index (χ4v) is 3.05. The SMILES string of the molecule is CC(C)(C(=O)NCCc1cccs1)N1CCNCC1. The van der Waals surface area contributed by atoms with Crippen molar-refractivity contribution >= 4 is 17.2 Å². The zero-order valence-electron chi connectivity index (χ0n) is 11.7. The molecule has 5 heteroatoms. The van der Waals surface area contributed by atoms with Gasteiger partial charge in [-0.1, -0.05) is 6.07 Å². The van der Waals surface area contributed by atoms with E-state index in [1.165, 1.54) is 4.88 Å². The summed E-state index contributed by atoms with van der Waals surface area (Å²) in [7, 11) is 0. The fourth-order valence-electron chi connectivity index (χ4n) is 2.34. The molecular formula is C14H23N3OS. The second-order valence-electron chi connectivity index (χ2n) is 5.38. The Morgan fingerprint density at radius 2 is 2.21 bits per heavy atom. The highest BCUT2D eigenvalue weighted by atomic mass is 32.1. The Labute approximate surface area is 119 Å². The molecule has 106 valence electrons. The van der Waals surface area contributed by atoms with Crippen LogP contribution in [0, 0.1) is 0 Å². The Bertz CT molecular complexity index is 397. The molecule has 0 bridgehead atoms. The third-order valence-electron chi connectivity index (χ3n) is 3.70. The number of piperazine rings is 1. The fraction of sp³-hybridized carbons (Fsp3) is 0.643. The van der Waals surface area contributed by atoms with Crippen LogP contribution in [0.15, 0.2) is 17.5 Å². The Kier molecular flexibility index (Phi) is 4.96. The van der Waals surface area contributed by atoms with Gasteiger partial charge in [0.1, 0.15) is 0 Å². The van der Waals surface area contributed by atoms with Crippen LogP contribution in [0.4, 0.5) is 0 Å². The van der Waals surface area contributed by atoms with Gasteiger partial charge in [-0.2, -0.15) is 0 Å². The number of thiophene rings is 1. The Morgan fingerprint density at radius 1 is 1.47 bits per heavy atom. The summed E-state index contributed by atoms with van der Waals surface area (Å²) in [6, 6.07) is 4.16. The smallest absolute Gasteiger partial charge is 0.239 e. The van der Waals surface area contributed by atoms with Gasteiger partial charge in [-0.05, 0) is 31.7 Å². The van der Waals surface area contributed by atoms with Gasteiger partial charge in [0.05, 0.1) is 5.54 Å². The molecule has 1 saturated heterocycles. The molecule has 0 atom stereocenters. The van der Waals surface area contributed by atoms with E-state index in [9.17, 15) is 4.79 Å². The van der Waals surface area contributed by atoms with Crippen molar-refractivity contribution in [1.82, 2.24) is 15.5 Å². The Balaban J connectivity index is 1.80. The van der Waals surface area contributed by atoms with Gasteiger partial charge in [-0.3, -0.25) is 9.69 Å². The maximum atomic E-state index is 12.3. The number of hydrogen-bond acceptors (Lipinski definition) is 4. The number of amides is 1. The van der Waals surface area contributed by atoms with Gasteiger partial charge in [0.25, 0.3) is 0 Å². The van der Waals surface area contributed by atoms with E-state index in [0.29, 0.717) is 0 Å². The van der Waals surface area contributed by atoms with Crippen LogP contribution in [0.5, 0.6) is 0 Å². The summed E-state index contributed by atoms with van der Waals surface area (Å²) in [5.74, 6) is 0.131. The van der Waals surface area contributed by atoms with Crippen molar-refractivity contribution in [3.63, 3.8) is 0 Å². The maximum Gasteiger partial charge on any atom is 0.239 e. The number of hydrogen-bond donors (Lipinski definition) is 2. The molecule has 0 unspecified atom stereocenters. The van der Waals surface area contributed by atoms with Crippen LogP contribution in [0.2, 0.25) is 0 Å². The number of carbonyl (C=O) groups is 1. The first kappa shape index (κ1) is 14.5.